The number of para-hydroxylation sites is 1. The van der Waals surface area contributed by atoms with Gasteiger partial charge in [-0.2, -0.15) is 5.10 Å². The zero-order valence-electron chi connectivity index (χ0n) is 17.6. The third-order valence-corrected chi connectivity index (χ3v) is 4.97. The highest BCUT2D eigenvalue weighted by atomic mass is 16.5. The molecule has 156 valence electrons. The number of rotatable bonds is 9. The maximum Gasteiger partial charge on any atom is 0.292 e. The summed E-state index contributed by atoms with van der Waals surface area (Å²) in [5.74, 6) is -1.18. The molecule has 0 aliphatic heterocycles. The number of aromatic nitrogens is 2. The molecule has 1 aromatic heterocycles. The minimum Gasteiger partial charge on any atom is -0.374 e. The normalized spacial score (nSPS) is 11.8. The fraction of sp³-hybridized carbons (Fsp3) is 0.292. The van der Waals surface area contributed by atoms with Crippen LogP contribution in [0.25, 0.3) is 5.69 Å². The molecule has 1 heterocycles. The van der Waals surface area contributed by atoms with Gasteiger partial charge in [-0.3, -0.25) is 9.59 Å². The average Bonchev–Trinajstić information content (AvgIpc) is 3.07. The van der Waals surface area contributed by atoms with Gasteiger partial charge in [0.25, 0.3) is 11.7 Å². The van der Waals surface area contributed by atoms with E-state index in [-0.39, 0.29) is 6.10 Å². The van der Waals surface area contributed by atoms with Crippen LogP contribution in [0.1, 0.15) is 46.8 Å². The second kappa shape index (κ2) is 9.98. The Morgan fingerprint density at radius 3 is 2.33 bits per heavy atom. The Kier molecular flexibility index (Phi) is 7.14. The molecular formula is C24H27N3O3. The maximum absolute atomic E-state index is 12.7. The zero-order chi connectivity index (χ0) is 21.5. The van der Waals surface area contributed by atoms with Gasteiger partial charge in [0.05, 0.1) is 28.7 Å². The van der Waals surface area contributed by atoms with Crippen LogP contribution in [0.2, 0.25) is 0 Å². The summed E-state index contributed by atoms with van der Waals surface area (Å²) in [5, 5.41) is 7.13. The van der Waals surface area contributed by atoms with Crippen molar-refractivity contribution >= 4 is 11.7 Å². The number of carbonyl (C=O) groups excluding carboxylic acids is 2. The fourth-order valence-electron chi connectivity index (χ4n) is 3.34. The topological polar surface area (TPSA) is 73.2 Å². The SMILES string of the molecule is Cc1nn(-c2ccccc2)c(C)c1C(=O)C(=O)NCCCO[C@@H](C)c1ccccc1. The van der Waals surface area contributed by atoms with Gasteiger partial charge in [0.15, 0.2) is 0 Å². The number of hydrogen-bond donors (Lipinski definition) is 1. The van der Waals surface area contributed by atoms with Crippen LogP contribution in [0.5, 0.6) is 0 Å². The highest BCUT2D eigenvalue weighted by Gasteiger charge is 2.24. The standard InChI is InChI=1S/C24H27N3O3/c1-17-22(18(2)27(26-17)21-13-8-5-9-14-21)23(28)24(29)25-15-10-16-30-19(3)20-11-6-4-7-12-20/h4-9,11-14,19H,10,15-16H2,1-3H3,(H,25,29)/t19-/m0/s1. The zero-order valence-corrected chi connectivity index (χ0v) is 17.6. The predicted molar refractivity (Wildman–Crippen MR) is 116 cm³/mol. The van der Waals surface area contributed by atoms with Crippen molar-refractivity contribution in [2.24, 2.45) is 0 Å². The number of nitrogens with zero attached hydrogens (tertiary/aromatic N) is 2. The van der Waals surface area contributed by atoms with Gasteiger partial charge in [-0.1, -0.05) is 48.5 Å². The van der Waals surface area contributed by atoms with E-state index in [1.165, 1.54) is 0 Å². The van der Waals surface area contributed by atoms with Crippen molar-refractivity contribution in [2.45, 2.75) is 33.3 Å². The van der Waals surface area contributed by atoms with Crippen molar-refractivity contribution in [3.05, 3.63) is 83.2 Å². The first-order valence-electron chi connectivity index (χ1n) is 10.1. The average molecular weight is 405 g/mol. The first kappa shape index (κ1) is 21.5. The molecule has 0 spiro atoms. The molecule has 6 heteroatoms. The van der Waals surface area contributed by atoms with Crippen LogP contribution in [0.15, 0.2) is 60.7 Å². The van der Waals surface area contributed by atoms with Gasteiger partial charge < -0.3 is 10.1 Å². The van der Waals surface area contributed by atoms with Crippen molar-refractivity contribution < 1.29 is 14.3 Å². The van der Waals surface area contributed by atoms with Crippen molar-refractivity contribution in [1.82, 2.24) is 15.1 Å². The van der Waals surface area contributed by atoms with Crippen LogP contribution in [0.3, 0.4) is 0 Å². The van der Waals surface area contributed by atoms with Gasteiger partial charge in [-0.25, -0.2) is 4.68 Å². The second-order valence-corrected chi connectivity index (χ2v) is 7.16. The van der Waals surface area contributed by atoms with E-state index in [1.54, 1.807) is 18.5 Å². The first-order chi connectivity index (χ1) is 14.5. The summed E-state index contributed by atoms with van der Waals surface area (Å²) >= 11 is 0. The number of aryl methyl sites for hydroxylation is 1. The lowest BCUT2D eigenvalue weighted by molar-refractivity contribution is -0.117. The van der Waals surface area contributed by atoms with Crippen molar-refractivity contribution in [3.63, 3.8) is 0 Å². The van der Waals surface area contributed by atoms with Crippen LogP contribution in [0, 0.1) is 13.8 Å². The summed E-state index contributed by atoms with van der Waals surface area (Å²) in [6.07, 6.45) is 0.606. The molecule has 1 atom stereocenters. The van der Waals surface area contributed by atoms with Crippen molar-refractivity contribution in [2.75, 3.05) is 13.2 Å². The van der Waals surface area contributed by atoms with Gasteiger partial charge in [0, 0.05) is 13.2 Å². The summed E-state index contributed by atoms with van der Waals surface area (Å²) in [5.41, 5.74) is 3.50. The molecular weight excluding hydrogens is 378 g/mol. The maximum atomic E-state index is 12.7. The number of ketones is 1. The minimum absolute atomic E-state index is 0.0161. The Labute approximate surface area is 176 Å². The number of amides is 1. The largest absolute Gasteiger partial charge is 0.374 e. The van der Waals surface area contributed by atoms with Crippen molar-refractivity contribution in [1.29, 1.82) is 0 Å². The second-order valence-electron chi connectivity index (χ2n) is 7.16. The molecule has 0 aliphatic rings. The highest BCUT2D eigenvalue weighted by molar-refractivity contribution is 6.43. The smallest absolute Gasteiger partial charge is 0.292 e. The Morgan fingerprint density at radius 2 is 1.67 bits per heavy atom. The van der Waals surface area contributed by atoms with Gasteiger partial charge in [-0.05, 0) is 44.9 Å². The first-order valence-corrected chi connectivity index (χ1v) is 10.1. The van der Waals surface area contributed by atoms with Gasteiger partial charge in [-0.15, -0.1) is 0 Å². The molecule has 0 saturated carbocycles. The lowest BCUT2D eigenvalue weighted by atomic mass is 10.1. The van der Waals surface area contributed by atoms with Gasteiger partial charge >= 0.3 is 0 Å². The number of hydrogen-bond acceptors (Lipinski definition) is 4. The van der Waals surface area contributed by atoms with Crippen LogP contribution >= 0.6 is 0 Å². The Balaban J connectivity index is 1.52. The lowest BCUT2D eigenvalue weighted by Crippen LogP contribution is -2.32. The molecule has 0 saturated heterocycles. The Morgan fingerprint density at radius 1 is 1.03 bits per heavy atom. The monoisotopic (exact) mass is 405 g/mol. The number of nitrogens with one attached hydrogen (secondary N) is 1. The van der Waals surface area contributed by atoms with Gasteiger partial charge in [0.1, 0.15) is 0 Å². The minimum atomic E-state index is -0.620. The predicted octanol–water partition coefficient (Wildman–Crippen LogP) is 3.96. The molecule has 1 amide bonds. The lowest BCUT2D eigenvalue weighted by Gasteiger charge is -2.13. The molecule has 30 heavy (non-hydrogen) atoms. The summed E-state index contributed by atoms with van der Waals surface area (Å²) in [4.78, 5) is 25.1. The molecule has 3 rings (SSSR count). The summed E-state index contributed by atoms with van der Waals surface area (Å²) in [6, 6.07) is 19.5. The molecule has 0 unspecified atom stereocenters. The molecule has 1 N–H and O–H groups in total. The summed E-state index contributed by atoms with van der Waals surface area (Å²) < 4.78 is 7.49. The molecule has 0 aliphatic carbocycles. The van der Waals surface area contributed by atoms with Crippen LogP contribution in [0.4, 0.5) is 0 Å². The summed E-state index contributed by atoms with van der Waals surface area (Å²) in [7, 11) is 0. The Bertz CT molecular complexity index is 997. The molecule has 0 fully saturated rings. The molecule has 2 aromatic carbocycles. The molecule has 0 bridgehead atoms. The Hall–Kier alpha value is -3.25. The van der Waals surface area contributed by atoms with Crippen molar-refractivity contribution in [3.8, 4) is 5.69 Å². The molecule has 6 nitrogen and oxygen atoms in total. The van der Waals surface area contributed by atoms with E-state index in [9.17, 15) is 9.59 Å². The molecule has 0 radical (unpaired) electrons. The number of benzene rings is 2. The number of carbonyl (C=O) groups is 2. The van der Waals surface area contributed by atoms with E-state index in [0.717, 1.165) is 11.3 Å². The third-order valence-electron chi connectivity index (χ3n) is 4.97. The van der Waals surface area contributed by atoms with Crippen LogP contribution in [-0.2, 0) is 9.53 Å². The third kappa shape index (κ3) is 5.02. The van der Waals surface area contributed by atoms with Gasteiger partial charge in [0.2, 0.25) is 0 Å². The summed E-state index contributed by atoms with van der Waals surface area (Å²) in [6.45, 7) is 6.40. The highest BCUT2D eigenvalue weighted by Crippen LogP contribution is 2.18. The molecule has 3 aromatic rings. The van der Waals surface area contributed by atoms with Crippen LogP contribution in [-0.4, -0.2) is 34.6 Å². The quantitative estimate of drug-likeness (QED) is 0.332. The number of Topliss-reactive ketones (excluding diaryl/α,β-unsaturated/α-hetero) is 1. The van der Waals surface area contributed by atoms with E-state index in [0.29, 0.717) is 36.5 Å². The fourth-order valence-corrected chi connectivity index (χ4v) is 3.34. The van der Waals surface area contributed by atoms with E-state index >= 15 is 0 Å². The van der Waals surface area contributed by atoms with E-state index < -0.39 is 11.7 Å². The van der Waals surface area contributed by atoms with E-state index in [1.807, 2.05) is 67.6 Å². The van der Waals surface area contributed by atoms with E-state index in [4.69, 9.17) is 4.74 Å². The number of ether oxygens (including phenoxy) is 1. The van der Waals surface area contributed by atoms with E-state index in [2.05, 4.69) is 10.4 Å². The van der Waals surface area contributed by atoms with Crippen LogP contribution < -0.4 is 5.32 Å².